The standard InChI is InChI=1S/C21H17BrN4O2/c22-15-6-8-17(9-7-15)24-20(27)13-28-19-5-2-10-26-12-18(25-21(19)26)14-3-1-4-16(23)11-14/h1-12H,13,23H2,(H,24,27). The number of nitrogens with two attached hydrogens (primary N) is 1. The highest BCUT2D eigenvalue weighted by molar-refractivity contribution is 9.10. The first-order valence-electron chi connectivity index (χ1n) is 8.60. The summed E-state index contributed by atoms with van der Waals surface area (Å²) < 4.78 is 8.53. The van der Waals surface area contributed by atoms with Crippen molar-refractivity contribution in [1.82, 2.24) is 9.38 Å². The number of hydrogen-bond donors (Lipinski definition) is 2. The topological polar surface area (TPSA) is 81.6 Å². The molecule has 0 atom stereocenters. The van der Waals surface area contributed by atoms with Gasteiger partial charge in [0.2, 0.25) is 0 Å². The molecule has 0 radical (unpaired) electrons. The summed E-state index contributed by atoms with van der Waals surface area (Å²) in [6.45, 7) is -0.115. The van der Waals surface area contributed by atoms with Crippen LogP contribution in [0.3, 0.4) is 0 Å². The van der Waals surface area contributed by atoms with Crippen molar-refractivity contribution < 1.29 is 9.53 Å². The van der Waals surface area contributed by atoms with Gasteiger partial charge in [0, 0.05) is 33.8 Å². The molecule has 7 heteroatoms. The third kappa shape index (κ3) is 3.99. The van der Waals surface area contributed by atoms with Gasteiger partial charge in [0.1, 0.15) is 0 Å². The summed E-state index contributed by atoms with van der Waals surface area (Å²) in [6.07, 6.45) is 3.78. The lowest BCUT2D eigenvalue weighted by Gasteiger charge is -2.08. The van der Waals surface area contributed by atoms with Crippen LogP contribution in [0.1, 0.15) is 0 Å². The molecule has 0 spiro atoms. The zero-order valence-electron chi connectivity index (χ0n) is 14.8. The number of aromatic nitrogens is 2. The average molecular weight is 437 g/mol. The van der Waals surface area contributed by atoms with Crippen molar-refractivity contribution in [3.63, 3.8) is 0 Å². The molecule has 0 fully saturated rings. The summed E-state index contributed by atoms with van der Waals surface area (Å²) in [7, 11) is 0. The Morgan fingerprint density at radius 1 is 1.14 bits per heavy atom. The second kappa shape index (κ2) is 7.74. The Balaban J connectivity index is 1.51. The number of carbonyl (C=O) groups is 1. The number of nitrogen functional groups attached to an aromatic ring is 1. The molecule has 0 unspecified atom stereocenters. The van der Waals surface area contributed by atoms with E-state index in [0.717, 1.165) is 15.7 Å². The van der Waals surface area contributed by atoms with Crippen molar-refractivity contribution in [2.24, 2.45) is 0 Å². The van der Waals surface area contributed by atoms with E-state index >= 15 is 0 Å². The highest BCUT2D eigenvalue weighted by atomic mass is 79.9. The van der Waals surface area contributed by atoms with Gasteiger partial charge in [0.25, 0.3) is 5.91 Å². The van der Waals surface area contributed by atoms with Crippen molar-refractivity contribution in [3.8, 4) is 17.0 Å². The Morgan fingerprint density at radius 2 is 1.96 bits per heavy atom. The molecule has 1 amide bonds. The van der Waals surface area contributed by atoms with Gasteiger partial charge in [-0.05, 0) is 48.5 Å². The molecule has 4 aromatic rings. The van der Waals surface area contributed by atoms with E-state index in [1.165, 1.54) is 0 Å². The zero-order chi connectivity index (χ0) is 19.5. The first-order valence-corrected chi connectivity index (χ1v) is 9.40. The predicted octanol–water partition coefficient (Wildman–Crippen LogP) is 4.36. The fourth-order valence-electron chi connectivity index (χ4n) is 2.81. The van der Waals surface area contributed by atoms with E-state index in [1.54, 1.807) is 6.07 Å². The van der Waals surface area contributed by atoms with Gasteiger partial charge < -0.3 is 20.2 Å². The van der Waals surface area contributed by atoms with Crippen LogP contribution in [0.5, 0.6) is 5.75 Å². The normalized spacial score (nSPS) is 10.8. The van der Waals surface area contributed by atoms with Crippen LogP contribution in [-0.4, -0.2) is 21.9 Å². The van der Waals surface area contributed by atoms with Crippen molar-refractivity contribution in [2.75, 3.05) is 17.7 Å². The first-order chi connectivity index (χ1) is 13.6. The third-order valence-electron chi connectivity index (χ3n) is 4.12. The maximum Gasteiger partial charge on any atom is 0.262 e. The molecule has 28 heavy (non-hydrogen) atoms. The molecule has 2 aromatic heterocycles. The Morgan fingerprint density at radius 3 is 2.75 bits per heavy atom. The zero-order valence-corrected chi connectivity index (χ0v) is 16.4. The van der Waals surface area contributed by atoms with Gasteiger partial charge in [-0.1, -0.05) is 28.1 Å². The Labute approximate surface area is 170 Å². The number of ether oxygens (including phenoxy) is 1. The van der Waals surface area contributed by atoms with Crippen molar-refractivity contribution in [3.05, 3.63) is 77.5 Å². The monoisotopic (exact) mass is 436 g/mol. The van der Waals surface area contributed by atoms with Crippen LogP contribution >= 0.6 is 15.9 Å². The highest BCUT2D eigenvalue weighted by Gasteiger charge is 2.11. The van der Waals surface area contributed by atoms with E-state index in [2.05, 4.69) is 26.2 Å². The van der Waals surface area contributed by atoms with Crippen LogP contribution in [-0.2, 0) is 4.79 Å². The molecule has 0 aliphatic rings. The molecular formula is C21H17BrN4O2. The molecule has 6 nitrogen and oxygen atoms in total. The number of anilines is 2. The third-order valence-corrected chi connectivity index (χ3v) is 4.64. The summed E-state index contributed by atoms with van der Waals surface area (Å²) in [5, 5.41) is 2.80. The minimum absolute atomic E-state index is 0.115. The predicted molar refractivity (Wildman–Crippen MR) is 113 cm³/mol. The average Bonchev–Trinajstić information content (AvgIpc) is 3.13. The maximum absolute atomic E-state index is 12.2. The number of nitrogens with one attached hydrogen (secondary N) is 1. The number of benzene rings is 2. The van der Waals surface area contributed by atoms with Crippen molar-refractivity contribution in [1.29, 1.82) is 0 Å². The van der Waals surface area contributed by atoms with Gasteiger partial charge in [-0.25, -0.2) is 4.98 Å². The number of nitrogens with zero attached hydrogens (tertiary/aromatic N) is 2. The molecule has 2 aromatic carbocycles. The number of amides is 1. The van der Waals surface area contributed by atoms with Gasteiger partial charge in [-0.3, -0.25) is 4.79 Å². The molecule has 2 heterocycles. The van der Waals surface area contributed by atoms with E-state index in [0.29, 0.717) is 22.8 Å². The maximum atomic E-state index is 12.2. The number of hydrogen-bond acceptors (Lipinski definition) is 4. The summed E-state index contributed by atoms with van der Waals surface area (Å²) in [5.74, 6) is 0.288. The van der Waals surface area contributed by atoms with E-state index in [4.69, 9.17) is 10.5 Å². The van der Waals surface area contributed by atoms with Crippen LogP contribution in [0.4, 0.5) is 11.4 Å². The Kier molecular flexibility index (Phi) is 4.99. The lowest BCUT2D eigenvalue weighted by molar-refractivity contribution is -0.118. The number of imidazole rings is 1. The minimum Gasteiger partial charge on any atom is -0.480 e. The van der Waals surface area contributed by atoms with Gasteiger partial charge in [0.15, 0.2) is 18.0 Å². The van der Waals surface area contributed by atoms with Gasteiger partial charge in [-0.2, -0.15) is 0 Å². The highest BCUT2D eigenvalue weighted by Crippen LogP contribution is 2.25. The minimum atomic E-state index is -0.244. The van der Waals surface area contributed by atoms with E-state index in [1.807, 2.05) is 71.4 Å². The number of fused-ring (bicyclic) bond motifs is 1. The molecule has 140 valence electrons. The molecule has 3 N–H and O–H groups in total. The molecule has 4 rings (SSSR count). The quantitative estimate of drug-likeness (QED) is 0.455. The SMILES string of the molecule is Nc1cccc(-c2cn3cccc(OCC(=O)Nc4ccc(Br)cc4)c3n2)c1. The van der Waals surface area contributed by atoms with Crippen LogP contribution < -0.4 is 15.8 Å². The fourth-order valence-corrected chi connectivity index (χ4v) is 3.07. The van der Waals surface area contributed by atoms with E-state index in [-0.39, 0.29) is 12.5 Å². The van der Waals surface area contributed by atoms with Crippen LogP contribution in [0, 0.1) is 0 Å². The molecule has 0 aliphatic heterocycles. The smallest absolute Gasteiger partial charge is 0.262 e. The Hall–Kier alpha value is -3.32. The summed E-state index contributed by atoms with van der Waals surface area (Å²) in [4.78, 5) is 16.8. The second-order valence-electron chi connectivity index (χ2n) is 6.20. The van der Waals surface area contributed by atoms with Crippen molar-refractivity contribution >= 4 is 38.9 Å². The molecule has 0 bridgehead atoms. The molecule has 0 saturated carbocycles. The largest absolute Gasteiger partial charge is 0.480 e. The second-order valence-corrected chi connectivity index (χ2v) is 7.11. The van der Waals surface area contributed by atoms with E-state index < -0.39 is 0 Å². The van der Waals surface area contributed by atoms with Gasteiger partial charge in [0.05, 0.1) is 5.69 Å². The summed E-state index contributed by atoms with van der Waals surface area (Å²) in [5.41, 5.74) is 9.59. The number of pyridine rings is 1. The van der Waals surface area contributed by atoms with Crippen LogP contribution in [0.15, 0.2) is 77.5 Å². The van der Waals surface area contributed by atoms with E-state index in [9.17, 15) is 4.79 Å². The fraction of sp³-hybridized carbons (Fsp3) is 0.0476. The van der Waals surface area contributed by atoms with Gasteiger partial charge in [-0.15, -0.1) is 0 Å². The van der Waals surface area contributed by atoms with Crippen molar-refractivity contribution in [2.45, 2.75) is 0 Å². The van der Waals surface area contributed by atoms with Crippen LogP contribution in [0.2, 0.25) is 0 Å². The Bertz CT molecular complexity index is 1140. The molecular weight excluding hydrogens is 420 g/mol. The molecule has 0 saturated heterocycles. The lowest BCUT2D eigenvalue weighted by atomic mass is 10.1. The molecule has 0 aliphatic carbocycles. The van der Waals surface area contributed by atoms with Crippen LogP contribution in [0.25, 0.3) is 16.9 Å². The first kappa shape index (κ1) is 18.1. The number of rotatable bonds is 5. The lowest BCUT2D eigenvalue weighted by Crippen LogP contribution is -2.20. The summed E-state index contributed by atoms with van der Waals surface area (Å²) >= 11 is 3.37. The number of carbonyl (C=O) groups excluding carboxylic acids is 1. The number of halogens is 1. The summed E-state index contributed by atoms with van der Waals surface area (Å²) in [6, 6.07) is 18.5. The van der Waals surface area contributed by atoms with Gasteiger partial charge >= 0.3 is 0 Å².